The summed E-state index contributed by atoms with van der Waals surface area (Å²) in [5.74, 6) is 0.986. The molecule has 1 aliphatic heterocycles. The zero-order valence-electron chi connectivity index (χ0n) is 7.40. The van der Waals surface area contributed by atoms with Crippen molar-refractivity contribution in [1.82, 2.24) is 0 Å². The van der Waals surface area contributed by atoms with E-state index >= 15 is 0 Å². The molecule has 1 atom stereocenters. The Morgan fingerprint density at radius 3 is 3.14 bits per heavy atom. The van der Waals surface area contributed by atoms with E-state index in [0.717, 1.165) is 17.3 Å². The van der Waals surface area contributed by atoms with Crippen molar-refractivity contribution in [2.75, 3.05) is 11.9 Å². The van der Waals surface area contributed by atoms with E-state index in [1.54, 1.807) is 22.7 Å². The van der Waals surface area contributed by atoms with Crippen LogP contribution in [-0.4, -0.2) is 6.54 Å². The van der Waals surface area contributed by atoms with Crippen LogP contribution in [0.25, 0.3) is 0 Å². The van der Waals surface area contributed by atoms with Gasteiger partial charge in [-0.3, -0.25) is 0 Å². The normalized spacial score (nSPS) is 19.6. The molecule has 0 bridgehead atoms. The summed E-state index contributed by atoms with van der Waals surface area (Å²) < 4.78 is 5.87. The van der Waals surface area contributed by atoms with Crippen LogP contribution in [0.2, 0.25) is 0 Å². The Morgan fingerprint density at radius 2 is 2.29 bits per heavy atom. The Labute approximate surface area is 90.2 Å². The molecular formula is C10H9NOS2. The van der Waals surface area contributed by atoms with Crippen molar-refractivity contribution in [2.45, 2.75) is 6.10 Å². The summed E-state index contributed by atoms with van der Waals surface area (Å²) in [6.07, 6.45) is 0.178. The fourth-order valence-corrected chi connectivity index (χ4v) is 3.01. The largest absolute Gasteiger partial charge is 0.480 e. The van der Waals surface area contributed by atoms with Crippen molar-refractivity contribution >= 4 is 27.7 Å². The molecule has 1 aliphatic rings. The van der Waals surface area contributed by atoms with E-state index in [9.17, 15) is 0 Å². The lowest BCUT2D eigenvalue weighted by atomic mass is 10.2. The predicted octanol–water partition coefficient (Wildman–Crippen LogP) is 3.36. The fourth-order valence-electron chi connectivity index (χ4n) is 1.53. The van der Waals surface area contributed by atoms with E-state index in [2.05, 4.69) is 28.2 Å². The van der Waals surface area contributed by atoms with Crippen LogP contribution in [0.4, 0.5) is 5.00 Å². The molecule has 0 saturated carbocycles. The molecule has 3 heterocycles. The van der Waals surface area contributed by atoms with Gasteiger partial charge in [-0.05, 0) is 22.9 Å². The van der Waals surface area contributed by atoms with Crippen LogP contribution in [0.3, 0.4) is 0 Å². The van der Waals surface area contributed by atoms with E-state index in [-0.39, 0.29) is 6.10 Å². The van der Waals surface area contributed by atoms with Crippen molar-refractivity contribution in [3.05, 3.63) is 33.8 Å². The Balaban J connectivity index is 1.88. The fraction of sp³-hybridized carbons (Fsp3) is 0.200. The first-order valence-corrected chi connectivity index (χ1v) is 6.21. The van der Waals surface area contributed by atoms with E-state index in [4.69, 9.17) is 4.74 Å². The average molecular weight is 223 g/mol. The maximum Gasteiger partial charge on any atom is 0.154 e. The first kappa shape index (κ1) is 8.32. The maximum absolute atomic E-state index is 5.87. The van der Waals surface area contributed by atoms with Crippen LogP contribution < -0.4 is 10.1 Å². The SMILES string of the molecule is c1csc(C2CNc3sccc3O2)c1. The number of nitrogens with one attached hydrogen (secondary N) is 1. The third kappa shape index (κ3) is 1.31. The molecule has 2 aromatic heterocycles. The molecule has 1 unspecified atom stereocenters. The highest BCUT2D eigenvalue weighted by atomic mass is 32.1. The van der Waals surface area contributed by atoms with E-state index in [1.165, 1.54) is 4.88 Å². The van der Waals surface area contributed by atoms with E-state index in [0.29, 0.717) is 0 Å². The molecule has 0 aliphatic carbocycles. The number of hydrogen-bond donors (Lipinski definition) is 1. The highest BCUT2D eigenvalue weighted by molar-refractivity contribution is 7.14. The van der Waals surface area contributed by atoms with Crippen LogP contribution >= 0.6 is 22.7 Å². The lowest BCUT2D eigenvalue weighted by Gasteiger charge is -2.24. The van der Waals surface area contributed by atoms with Crippen molar-refractivity contribution in [3.63, 3.8) is 0 Å². The Kier molecular flexibility index (Phi) is 1.96. The Bertz CT molecular complexity index is 421. The number of ether oxygens (including phenoxy) is 1. The highest BCUT2D eigenvalue weighted by Crippen LogP contribution is 2.38. The lowest BCUT2D eigenvalue weighted by molar-refractivity contribution is 0.216. The minimum atomic E-state index is 0.178. The maximum atomic E-state index is 5.87. The van der Waals surface area contributed by atoms with Gasteiger partial charge in [-0.2, -0.15) is 0 Å². The molecular weight excluding hydrogens is 214 g/mol. The van der Waals surface area contributed by atoms with Crippen molar-refractivity contribution in [3.8, 4) is 5.75 Å². The molecule has 0 aromatic carbocycles. The van der Waals surface area contributed by atoms with E-state index < -0.39 is 0 Å². The summed E-state index contributed by atoms with van der Waals surface area (Å²) in [5.41, 5.74) is 0. The van der Waals surface area contributed by atoms with Gasteiger partial charge in [-0.1, -0.05) is 6.07 Å². The second kappa shape index (κ2) is 3.29. The van der Waals surface area contributed by atoms with Crippen LogP contribution in [0.5, 0.6) is 5.75 Å². The van der Waals surface area contributed by atoms with Gasteiger partial charge in [0, 0.05) is 4.88 Å². The number of anilines is 1. The minimum absolute atomic E-state index is 0.178. The molecule has 3 rings (SSSR count). The van der Waals surface area contributed by atoms with Crippen LogP contribution in [0.1, 0.15) is 11.0 Å². The van der Waals surface area contributed by atoms with Gasteiger partial charge >= 0.3 is 0 Å². The first-order valence-electron chi connectivity index (χ1n) is 4.45. The summed E-state index contributed by atoms with van der Waals surface area (Å²) in [4.78, 5) is 1.29. The number of rotatable bonds is 1. The molecule has 0 fully saturated rings. The average Bonchev–Trinajstić information content (AvgIpc) is 2.88. The molecule has 0 saturated heterocycles. The summed E-state index contributed by atoms with van der Waals surface area (Å²) in [7, 11) is 0. The van der Waals surface area contributed by atoms with Crippen molar-refractivity contribution in [2.24, 2.45) is 0 Å². The second-order valence-corrected chi connectivity index (χ2v) is 5.01. The van der Waals surface area contributed by atoms with Gasteiger partial charge in [0.1, 0.15) is 5.00 Å². The van der Waals surface area contributed by atoms with Crippen LogP contribution in [0.15, 0.2) is 29.0 Å². The van der Waals surface area contributed by atoms with Gasteiger partial charge in [0.15, 0.2) is 11.9 Å². The van der Waals surface area contributed by atoms with Crippen LogP contribution in [-0.2, 0) is 0 Å². The number of fused-ring (bicyclic) bond motifs is 1. The van der Waals surface area contributed by atoms with Crippen LogP contribution in [0, 0.1) is 0 Å². The van der Waals surface area contributed by atoms with Gasteiger partial charge < -0.3 is 10.1 Å². The van der Waals surface area contributed by atoms with E-state index in [1.807, 2.05) is 6.07 Å². The summed E-state index contributed by atoms with van der Waals surface area (Å²) in [6.45, 7) is 0.869. The van der Waals surface area contributed by atoms with Gasteiger partial charge in [-0.15, -0.1) is 22.7 Å². The van der Waals surface area contributed by atoms with Gasteiger partial charge in [0.25, 0.3) is 0 Å². The zero-order valence-corrected chi connectivity index (χ0v) is 9.03. The second-order valence-electron chi connectivity index (χ2n) is 3.12. The number of thiophene rings is 2. The molecule has 0 amide bonds. The molecule has 14 heavy (non-hydrogen) atoms. The molecule has 1 N–H and O–H groups in total. The molecule has 72 valence electrons. The van der Waals surface area contributed by atoms with Gasteiger partial charge in [0.05, 0.1) is 6.54 Å². The molecule has 4 heteroatoms. The lowest BCUT2D eigenvalue weighted by Crippen LogP contribution is -2.21. The quantitative estimate of drug-likeness (QED) is 0.800. The minimum Gasteiger partial charge on any atom is -0.480 e. The molecule has 2 aromatic rings. The topological polar surface area (TPSA) is 21.3 Å². The zero-order chi connectivity index (χ0) is 9.38. The summed E-state index contributed by atoms with van der Waals surface area (Å²) in [5, 5.41) is 8.67. The Hall–Kier alpha value is -1.00. The van der Waals surface area contributed by atoms with Gasteiger partial charge in [0.2, 0.25) is 0 Å². The monoisotopic (exact) mass is 223 g/mol. The summed E-state index contributed by atoms with van der Waals surface area (Å²) >= 11 is 3.44. The Morgan fingerprint density at radius 1 is 1.29 bits per heavy atom. The predicted molar refractivity (Wildman–Crippen MR) is 60.5 cm³/mol. The third-order valence-electron chi connectivity index (χ3n) is 2.21. The first-order chi connectivity index (χ1) is 6.93. The highest BCUT2D eigenvalue weighted by Gasteiger charge is 2.21. The van der Waals surface area contributed by atoms with Crippen molar-refractivity contribution < 1.29 is 4.74 Å². The van der Waals surface area contributed by atoms with Gasteiger partial charge in [-0.25, -0.2) is 0 Å². The van der Waals surface area contributed by atoms with Crippen molar-refractivity contribution in [1.29, 1.82) is 0 Å². The smallest absolute Gasteiger partial charge is 0.154 e. The standard InChI is InChI=1S/C10H9NOS2/c1-2-9(13-4-1)8-6-11-10-7(12-8)3-5-14-10/h1-5,8,11H,6H2. The summed E-state index contributed by atoms with van der Waals surface area (Å²) in [6, 6.07) is 6.20. The number of hydrogen-bond acceptors (Lipinski definition) is 4. The molecule has 0 spiro atoms. The molecule has 0 radical (unpaired) electrons. The molecule has 2 nitrogen and oxygen atoms in total. The third-order valence-corrected chi connectivity index (χ3v) is 4.02.